The van der Waals surface area contributed by atoms with Crippen LogP contribution in [0.25, 0.3) is 0 Å². The quantitative estimate of drug-likeness (QED) is 0.272. The van der Waals surface area contributed by atoms with E-state index in [0.29, 0.717) is 19.6 Å². The van der Waals surface area contributed by atoms with Gasteiger partial charge in [0.15, 0.2) is 0 Å². The number of piperidine rings is 1. The fourth-order valence-corrected chi connectivity index (χ4v) is 3.06. The maximum Gasteiger partial charge on any atom is 0.316 e. The molecule has 0 aliphatic carbocycles. The number of nitrogens with zero attached hydrogens (tertiary/aromatic N) is 1. The van der Waals surface area contributed by atoms with Crippen molar-refractivity contribution in [3.05, 3.63) is 35.9 Å². The summed E-state index contributed by atoms with van der Waals surface area (Å²) in [5, 5.41) is 0. The third kappa shape index (κ3) is 4.52. The van der Waals surface area contributed by atoms with Gasteiger partial charge < -0.3 is 33.2 Å². The summed E-state index contributed by atoms with van der Waals surface area (Å²) in [4.78, 5) is 24.2. The Morgan fingerprint density at radius 1 is 1.27 bits per heavy atom. The lowest BCUT2D eigenvalue weighted by molar-refractivity contribution is -0.934. The summed E-state index contributed by atoms with van der Waals surface area (Å²) in [6.07, 6.45) is 0.596. The monoisotopic (exact) mass is 417 g/mol. The van der Waals surface area contributed by atoms with Crippen molar-refractivity contribution in [2.75, 3.05) is 26.2 Å². The van der Waals surface area contributed by atoms with Crippen molar-refractivity contribution < 1.29 is 42.8 Å². The Hall–Kier alpha value is -0.950. The van der Waals surface area contributed by atoms with Crippen molar-refractivity contribution in [1.29, 1.82) is 0 Å². The molecule has 5 heteroatoms. The number of hydrogen-bond donors (Lipinski definition) is 0. The Balaban J connectivity index is 0.00000242. The van der Waals surface area contributed by atoms with Gasteiger partial charge in [-0.05, 0) is 13.8 Å². The first-order chi connectivity index (χ1) is 10.1. The number of rotatable bonds is 5. The van der Waals surface area contributed by atoms with Gasteiger partial charge in [-0.25, -0.2) is 0 Å². The highest BCUT2D eigenvalue weighted by Crippen LogP contribution is 2.25. The lowest BCUT2D eigenvalue weighted by atomic mass is 9.93. The van der Waals surface area contributed by atoms with Crippen molar-refractivity contribution in [2.45, 2.75) is 26.8 Å². The molecule has 2 atom stereocenters. The van der Waals surface area contributed by atoms with Crippen LogP contribution in [0.15, 0.2) is 30.3 Å². The Morgan fingerprint density at radius 3 is 2.50 bits per heavy atom. The van der Waals surface area contributed by atoms with E-state index in [4.69, 9.17) is 4.74 Å². The second-order valence-corrected chi connectivity index (χ2v) is 5.74. The van der Waals surface area contributed by atoms with Crippen molar-refractivity contribution >= 4 is 11.8 Å². The minimum atomic E-state index is -0.557. The van der Waals surface area contributed by atoms with Gasteiger partial charge in [-0.15, -0.1) is 0 Å². The van der Waals surface area contributed by atoms with E-state index in [2.05, 4.69) is 19.1 Å². The number of ketones is 1. The van der Waals surface area contributed by atoms with E-state index in [0.717, 1.165) is 24.1 Å². The number of carbonyl (C=O) groups excluding carboxylic acids is 2. The zero-order valence-corrected chi connectivity index (χ0v) is 15.4. The number of benzene rings is 1. The molecule has 0 radical (unpaired) electrons. The van der Waals surface area contributed by atoms with Crippen LogP contribution in [-0.4, -0.2) is 42.5 Å². The number of likely N-dealkylation sites (N-methyl/N-ethyl adjacent to an activating group) is 1. The standard InChI is InChI=1S/C17H24NO3.HI/c1-3-18(12-14-8-6-5-7-9-14)11-10-15(16(19)13-18)17(20)21-4-2;/h5-9,15H,3-4,10-13H2,1-2H3;1H/q+1;/p-1. The number of ether oxygens (including phenoxy) is 1. The smallest absolute Gasteiger partial charge is 0.316 e. The van der Waals surface area contributed by atoms with Gasteiger partial charge in [0, 0.05) is 12.0 Å². The van der Waals surface area contributed by atoms with E-state index in [1.54, 1.807) is 6.92 Å². The number of halogens is 1. The minimum Gasteiger partial charge on any atom is -1.00 e. The van der Waals surface area contributed by atoms with E-state index in [1.165, 1.54) is 5.56 Å². The van der Waals surface area contributed by atoms with Gasteiger partial charge in [0.1, 0.15) is 19.0 Å². The van der Waals surface area contributed by atoms with E-state index >= 15 is 0 Å². The highest BCUT2D eigenvalue weighted by molar-refractivity contribution is 5.99. The molecule has 1 heterocycles. The molecule has 1 aromatic carbocycles. The van der Waals surface area contributed by atoms with Gasteiger partial charge in [-0.2, -0.15) is 0 Å². The average Bonchev–Trinajstić information content (AvgIpc) is 2.48. The lowest BCUT2D eigenvalue weighted by Gasteiger charge is -2.41. The molecule has 1 fully saturated rings. The summed E-state index contributed by atoms with van der Waals surface area (Å²) in [5.74, 6) is -0.882. The summed E-state index contributed by atoms with van der Waals surface area (Å²) in [7, 11) is 0. The number of quaternary nitrogens is 1. The van der Waals surface area contributed by atoms with Gasteiger partial charge in [0.05, 0.1) is 19.7 Å². The molecule has 22 heavy (non-hydrogen) atoms. The molecule has 1 aliphatic rings. The zero-order chi connectivity index (χ0) is 15.3. The van der Waals surface area contributed by atoms with Crippen LogP contribution < -0.4 is 24.0 Å². The topological polar surface area (TPSA) is 43.4 Å². The first-order valence-electron chi connectivity index (χ1n) is 7.68. The van der Waals surface area contributed by atoms with Crippen molar-refractivity contribution in [2.24, 2.45) is 5.92 Å². The van der Waals surface area contributed by atoms with E-state index in [-0.39, 0.29) is 35.7 Å². The largest absolute Gasteiger partial charge is 1.00 e. The maximum absolute atomic E-state index is 12.4. The predicted octanol–water partition coefficient (Wildman–Crippen LogP) is -0.821. The molecule has 0 amide bonds. The molecule has 0 aromatic heterocycles. The van der Waals surface area contributed by atoms with Crippen LogP contribution in [0.3, 0.4) is 0 Å². The summed E-state index contributed by atoms with van der Waals surface area (Å²) in [5.41, 5.74) is 1.24. The fourth-order valence-electron chi connectivity index (χ4n) is 3.06. The molecule has 4 nitrogen and oxygen atoms in total. The molecule has 2 rings (SSSR count). The molecule has 0 bridgehead atoms. The van der Waals surface area contributed by atoms with E-state index in [9.17, 15) is 9.59 Å². The van der Waals surface area contributed by atoms with Gasteiger partial charge >= 0.3 is 5.97 Å². The highest BCUT2D eigenvalue weighted by atomic mass is 127. The van der Waals surface area contributed by atoms with Gasteiger partial charge in [-0.3, -0.25) is 9.59 Å². The fraction of sp³-hybridized carbons (Fsp3) is 0.529. The van der Waals surface area contributed by atoms with Crippen LogP contribution in [0, 0.1) is 5.92 Å². The van der Waals surface area contributed by atoms with Crippen LogP contribution in [0.1, 0.15) is 25.8 Å². The van der Waals surface area contributed by atoms with Crippen LogP contribution in [0.2, 0.25) is 0 Å². The molecular weight excluding hydrogens is 393 g/mol. The Bertz CT molecular complexity index is 506. The number of Topliss-reactive ketones (excluding diaryl/α,β-unsaturated/α-hetero) is 1. The second-order valence-electron chi connectivity index (χ2n) is 5.74. The molecular formula is C17H24INO3. The van der Waals surface area contributed by atoms with Crippen molar-refractivity contribution in [3.8, 4) is 0 Å². The Labute approximate surface area is 149 Å². The van der Waals surface area contributed by atoms with Gasteiger partial charge in [0.25, 0.3) is 0 Å². The predicted molar refractivity (Wildman–Crippen MR) is 80.4 cm³/mol. The van der Waals surface area contributed by atoms with Gasteiger partial charge in [-0.1, -0.05) is 30.3 Å². The minimum absolute atomic E-state index is 0. The van der Waals surface area contributed by atoms with Crippen molar-refractivity contribution in [1.82, 2.24) is 0 Å². The second kappa shape index (κ2) is 8.62. The third-order valence-electron chi connectivity index (χ3n) is 4.37. The molecule has 2 unspecified atom stereocenters. The van der Waals surface area contributed by atoms with Crippen LogP contribution >= 0.6 is 0 Å². The van der Waals surface area contributed by atoms with Crippen LogP contribution in [-0.2, 0) is 20.9 Å². The lowest BCUT2D eigenvalue weighted by Crippen LogP contribution is -3.00. The summed E-state index contributed by atoms with van der Waals surface area (Å²) in [6.45, 7) is 7.23. The van der Waals surface area contributed by atoms with Crippen LogP contribution in [0.4, 0.5) is 0 Å². The van der Waals surface area contributed by atoms with Crippen LogP contribution in [0.5, 0.6) is 0 Å². The van der Waals surface area contributed by atoms with Crippen molar-refractivity contribution in [3.63, 3.8) is 0 Å². The molecule has 1 aromatic rings. The Kier molecular flexibility index (Phi) is 7.48. The van der Waals surface area contributed by atoms with E-state index in [1.807, 2.05) is 18.2 Å². The number of esters is 1. The van der Waals surface area contributed by atoms with E-state index < -0.39 is 5.92 Å². The summed E-state index contributed by atoms with van der Waals surface area (Å²) < 4.78 is 5.74. The SMILES string of the molecule is CCOC(=O)C1CC[N+](CC)(Cc2ccccc2)CC1=O.[I-]. The summed E-state index contributed by atoms with van der Waals surface area (Å²) >= 11 is 0. The molecule has 1 aliphatic heterocycles. The first kappa shape index (κ1) is 19.1. The highest BCUT2D eigenvalue weighted by Gasteiger charge is 2.42. The third-order valence-corrected chi connectivity index (χ3v) is 4.37. The normalized spacial score (nSPS) is 24.5. The number of hydrogen-bond acceptors (Lipinski definition) is 3. The average molecular weight is 417 g/mol. The van der Waals surface area contributed by atoms with Gasteiger partial charge in [0.2, 0.25) is 5.78 Å². The Morgan fingerprint density at radius 2 is 1.95 bits per heavy atom. The summed E-state index contributed by atoms with van der Waals surface area (Å²) in [6, 6.07) is 10.2. The molecule has 122 valence electrons. The molecule has 0 N–H and O–H groups in total. The maximum atomic E-state index is 12.4. The molecule has 0 saturated carbocycles. The first-order valence-corrected chi connectivity index (χ1v) is 7.68. The molecule has 0 spiro atoms. The zero-order valence-electron chi connectivity index (χ0n) is 13.3. The number of carbonyl (C=O) groups is 2. The molecule has 1 saturated heterocycles. The number of likely N-dealkylation sites (tertiary alicyclic amines) is 1.